The third-order valence-corrected chi connectivity index (χ3v) is 4.88. The summed E-state index contributed by atoms with van der Waals surface area (Å²) in [7, 11) is -1.66. The molecule has 22 heavy (non-hydrogen) atoms. The smallest absolute Gasteiger partial charge is 0.277 e. The van der Waals surface area contributed by atoms with E-state index in [2.05, 4.69) is 14.3 Å². The number of amides is 1. The Labute approximate surface area is 134 Å². The quantitative estimate of drug-likeness (QED) is 0.687. The summed E-state index contributed by atoms with van der Waals surface area (Å²) in [6.45, 7) is 10.4. The molecule has 1 aliphatic rings. The van der Waals surface area contributed by atoms with Gasteiger partial charge in [0.2, 0.25) is 5.91 Å². The fraction of sp³-hybridized carbons (Fsp3) is 0.929. The highest BCUT2D eigenvalue weighted by atomic mass is 32.2. The number of nitrogens with one attached hydrogen (secondary N) is 2. The van der Waals surface area contributed by atoms with E-state index in [1.807, 2.05) is 20.9 Å². The predicted molar refractivity (Wildman–Crippen MR) is 87.6 cm³/mol. The van der Waals surface area contributed by atoms with Gasteiger partial charge in [-0.25, -0.2) is 0 Å². The Morgan fingerprint density at radius 3 is 2.05 bits per heavy atom. The number of carbonyl (C=O) groups is 1. The molecule has 1 saturated heterocycles. The van der Waals surface area contributed by atoms with Crippen molar-refractivity contribution in [3.05, 3.63) is 0 Å². The second-order valence-electron chi connectivity index (χ2n) is 6.70. The van der Waals surface area contributed by atoms with Gasteiger partial charge in [0.25, 0.3) is 10.2 Å². The van der Waals surface area contributed by atoms with Gasteiger partial charge in [0.15, 0.2) is 0 Å². The first kappa shape index (κ1) is 19.3. The van der Waals surface area contributed by atoms with Crippen LogP contribution in [-0.2, 0) is 15.0 Å². The van der Waals surface area contributed by atoms with Gasteiger partial charge in [-0.3, -0.25) is 4.79 Å². The molecule has 0 radical (unpaired) electrons. The molecule has 0 saturated carbocycles. The van der Waals surface area contributed by atoms with E-state index in [0.29, 0.717) is 19.5 Å². The molecule has 1 rings (SSSR count). The van der Waals surface area contributed by atoms with Gasteiger partial charge in [-0.15, -0.1) is 0 Å². The molecule has 1 amide bonds. The molecule has 8 heteroatoms. The number of hydrogen-bond donors (Lipinski definition) is 2. The molecule has 0 aliphatic carbocycles. The van der Waals surface area contributed by atoms with Gasteiger partial charge in [-0.05, 0) is 33.2 Å². The van der Waals surface area contributed by atoms with Crippen LogP contribution in [0.15, 0.2) is 0 Å². The van der Waals surface area contributed by atoms with Crippen LogP contribution in [0.4, 0.5) is 0 Å². The highest BCUT2D eigenvalue weighted by Crippen LogP contribution is 2.11. The summed E-state index contributed by atoms with van der Waals surface area (Å²) < 4.78 is 29.1. The molecule has 1 fully saturated rings. The number of piperazine rings is 1. The van der Waals surface area contributed by atoms with Crippen LogP contribution in [0.3, 0.4) is 0 Å². The zero-order chi connectivity index (χ0) is 16.9. The molecule has 0 aromatic carbocycles. The van der Waals surface area contributed by atoms with Crippen LogP contribution in [0, 0.1) is 5.92 Å². The fourth-order valence-electron chi connectivity index (χ4n) is 2.45. The maximum atomic E-state index is 12.7. The number of hydrogen-bond acceptors (Lipinski definition) is 4. The van der Waals surface area contributed by atoms with E-state index in [-0.39, 0.29) is 17.9 Å². The van der Waals surface area contributed by atoms with Crippen molar-refractivity contribution in [2.24, 2.45) is 5.92 Å². The summed E-state index contributed by atoms with van der Waals surface area (Å²) in [5, 5.41) is 0. The molecular weight excluding hydrogens is 304 g/mol. The summed E-state index contributed by atoms with van der Waals surface area (Å²) in [6, 6.07) is -0.921. The van der Waals surface area contributed by atoms with Crippen molar-refractivity contribution < 1.29 is 13.2 Å². The van der Waals surface area contributed by atoms with Crippen molar-refractivity contribution in [2.45, 2.75) is 46.2 Å². The van der Waals surface area contributed by atoms with Crippen LogP contribution < -0.4 is 9.44 Å². The number of carbonyl (C=O) groups excluding carboxylic acids is 1. The van der Waals surface area contributed by atoms with Gasteiger partial charge in [0.1, 0.15) is 6.04 Å². The van der Waals surface area contributed by atoms with Gasteiger partial charge in [-0.1, -0.05) is 13.8 Å². The topological polar surface area (TPSA) is 81.8 Å². The zero-order valence-electron chi connectivity index (χ0n) is 14.3. The van der Waals surface area contributed by atoms with Gasteiger partial charge in [-0.2, -0.15) is 17.9 Å². The molecule has 1 atom stereocenters. The van der Waals surface area contributed by atoms with Crippen molar-refractivity contribution in [3.63, 3.8) is 0 Å². The molecule has 130 valence electrons. The minimum Gasteiger partial charge on any atom is -0.339 e. The molecule has 1 aliphatic heterocycles. The number of rotatable bonds is 7. The summed E-state index contributed by atoms with van der Waals surface area (Å²) in [5.74, 6) is 0.0964. The van der Waals surface area contributed by atoms with Crippen LogP contribution in [0.25, 0.3) is 0 Å². The van der Waals surface area contributed by atoms with Crippen molar-refractivity contribution in [1.29, 1.82) is 0 Å². The Bertz CT molecular complexity index is 457. The Morgan fingerprint density at radius 2 is 1.59 bits per heavy atom. The van der Waals surface area contributed by atoms with E-state index in [1.54, 1.807) is 18.7 Å². The first-order valence-electron chi connectivity index (χ1n) is 7.87. The number of nitrogens with zero attached hydrogens (tertiary/aromatic N) is 2. The van der Waals surface area contributed by atoms with Crippen LogP contribution in [0.1, 0.15) is 34.1 Å². The largest absolute Gasteiger partial charge is 0.339 e. The van der Waals surface area contributed by atoms with Gasteiger partial charge < -0.3 is 9.80 Å². The van der Waals surface area contributed by atoms with Crippen molar-refractivity contribution in [1.82, 2.24) is 19.2 Å². The molecule has 0 aromatic rings. The molecule has 7 nitrogen and oxygen atoms in total. The number of likely N-dealkylation sites (N-methyl/N-ethyl adjacent to an activating group) is 1. The first-order chi connectivity index (χ1) is 10.1. The maximum absolute atomic E-state index is 12.7. The lowest BCUT2D eigenvalue weighted by molar-refractivity contribution is -0.135. The van der Waals surface area contributed by atoms with Gasteiger partial charge in [0.05, 0.1) is 0 Å². The third kappa shape index (κ3) is 6.60. The molecule has 1 unspecified atom stereocenters. The zero-order valence-corrected chi connectivity index (χ0v) is 15.1. The summed E-state index contributed by atoms with van der Waals surface area (Å²) in [5.41, 5.74) is 0. The second kappa shape index (κ2) is 8.24. The summed E-state index contributed by atoms with van der Waals surface area (Å²) in [4.78, 5) is 16.6. The van der Waals surface area contributed by atoms with E-state index in [9.17, 15) is 13.2 Å². The van der Waals surface area contributed by atoms with E-state index >= 15 is 0 Å². The first-order valence-corrected chi connectivity index (χ1v) is 9.36. The molecule has 1 heterocycles. The minimum absolute atomic E-state index is 0.129. The normalized spacial score (nSPS) is 19.0. The SMILES string of the molecule is CC(C)CC(NS(=O)(=O)NC(C)C)C(=O)N1CCN(C)CC1. The Kier molecular flexibility index (Phi) is 7.24. The Morgan fingerprint density at radius 1 is 1.05 bits per heavy atom. The van der Waals surface area contributed by atoms with Gasteiger partial charge in [0, 0.05) is 32.2 Å². The van der Waals surface area contributed by atoms with Crippen LogP contribution in [0.2, 0.25) is 0 Å². The van der Waals surface area contributed by atoms with E-state index < -0.39 is 16.3 Å². The molecular formula is C14H30N4O3S. The lowest BCUT2D eigenvalue weighted by Gasteiger charge is -2.35. The standard InChI is InChI=1S/C14H30N4O3S/c1-11(2)10-13(16-22(20,21)15-12(3)4)14(19)18-8-6-17(5)7-9-18/h11-13,15-16H,6-10H2,1-5H3. The van der Waals surface area contributed by atoms with Crippen LogP contribution in [-0.4, -0.2) is 69.4 Å². The summed E-state index contributed by atoms with van der Waals surface area (Å²) in [6.07, 6.45) is 0.490. The molecule has 0 spiro atoms. The van der Waals surface area contributed by atoms with E-state index in [4.69, 9.17) is 0 Å². The monoisotopic (exact) mass is 334 g/mol. The molecule has 2 N–H and O–H groups in total. The highest BCUT2D eigenvalue weighted by Gasteiger charge is 2.30. The van der Waals surface area contributed by atoms with E-state index in [0.717, 1.165) is 13.1 Å². The highest BCUT2D eigenvalue weighted by molar-refractivity contribution is 7.87. The second-order valence-corrected chi connectivity index (χ2v) is 8.18. The predicted octanol–water partition coefficient (Wildman–Crippen LogP) is 0.00750. The van der Waals surface area contributed by atoms with Crippen molar-refractivity contribution in [2.75, 3.05) is 33.2 Å². The average Bonchev–Trinajstić information content (AvgIpc) is 2.35. The Balaban J connectivity index is 2.77. The maximum Gasteiger partial charge on any atom is 0.277 e. The minimum atomic E-state index is -3.68. The third-order valence-electron chi connectivity index (χ3n) is 3.51. The van der Waals surface area contributed by atoms with Crippen LogP contribution in [0.5, 0.6) is 0 Å². The van der Waals surface area contributed by atoms with Crippen LogP contribution >= 0.6 is 0 Å². The van der Waals surface area contributed by atoms with Crippen molar-refractivity contribution in [3.8, 4) is 0 Å². The summed E-state index contributed by atoms with van der Waals surface area (Å²) >= 11 is 0. The average molecular weight is 334 g/mol. The van der Waals surface area contributed by atoms with Gasteiger partial charge >= 0.3 is 0 Å². The molecule has 0 aromatic heterocycles. The fourth-order valence-corrected chi connectivity index (χ4v) is 3.71. The van der Waals surface area contributed by atoms with Crippen molar-refractivity contribution >= 4 is 16.1 Å². The van der Waals surface area contributed by atoms with E-state index in [1.165, 1.54) is 0 Å². The molecule has 0 bridgehead atoms. The lowest BCUT2D eigenvalue weighted by atomic mass is 10.0. The lowest BCUT2D eigenvalue weighted by Crippen LogP contribution is -2.56. The Hall–Kier alpha value is -0.700.